The van der Waals surface area contributed by atoms with Crippen LogP contribution in [0, 0.1) is 6.92 Å². The molecular weight excluding hydrogens is 148 g/mol. The maximum absolute atomic E-state index is 3.16. The van der Waals surface area contributed by atoms with Crippen LogP contribution in [-0.4, -0.2) is 6.54 Å². The minimum absolute atomic E-state index is 0.994. The van der Waals surface area contributed by atoms with Gasteiger partial charge in [0.25, 0.3) is 0 Å². The van der Waals surface area contributed by atoms with E-state index in [2.05, 4.69) is 36.8 Å². The molecule has 0 fully saturated rings. The molecule has 66 valence electrons. The van der Waals surface area contributed by atoms with Crippen molar-refractivity contribution in [1.29, 1.82) is 0 Å². The van der Waals surface area contributed by atoms with Crippen LogP contribution in [0.15, 0.2) is 24.3 Å². The summed E-state index contributed by atoms with van der Waals surface area (Å²) in [6, 6.07) is 8.23. The zero-order valence-corrected chi connectivity index (χ0v) is 7.72. The van der Waals surface area contributed by atoms with E-state index < -0.39 is 0 Å². The maximum atomic E-state index is 3.16. The van der Waals surface area contributed by atoms with Crippen LogP contribution in [0.5, 0.6) is 0 Å². The van der Waals surface area contributed by atoms with Crippen molar-refractivity contribution in [1.82, 2.24) is 5.43 Å². The summed E-state index contributed by atoms with van der Waals surface area (Å²) in [5, 5.41) is 0. The summed E-state index contributed by atoms with van der Waals surface area (Å²) < 4.78 is 0. The highest BCUT2D eigenvalue weighted by molar-refractivity contribution is 5.49. The van der Waals surface area contributed by atoms with E-state index in [1.165, 1.54) is 5.56 Å². The Labute approximate surface area is 74.0 Å². The Bertz CT molecular complexity index is 233. The molecule has 2 nitrogen and oxygen atoms in total. The Morgan fingerprint density at radius 3 is 2.67 bits per heavy atom. The van der Waals surface area contributed by atoms with Crippen LogP contribution in [0.3, 0.4) is 0 Å². The second-order valence-electron chi connectivity index (χ2n) is 2.87. The number of nitrogens with one attached hydrogen (secondary N) is 2. The first kappa shape index (κ1) is 9.07. The molecule has 1 aromatic rings. The summed E-state index contributed by atoms with van der Waals surface area (Å²) in [5.74, 6) is 0. The molecule has 0 saturated heterocycles. The van der Waals surface area contributed by atoms with Gasteiger partial charge in [0.2, 0.25) is 0 Å². The van der Waals surface area contributed by atoms with Crippen LogP contribution in [0.2, 0.25) is 0 Å². The Kier molecular flexibility index (Phi) is 3.61. The van der Waals surface area contributed by atoms with E-state index in [0.29, 0.717) is 0 Å². The van der Waals surface area contributed by atoms with E-state index in [0.717, 1.165) is 18.7 Å². The van der Waals surface area contributed by atoms with Gasteiger partial charge in [-0.15, -0.1) is 0 Å². The molecule has 2 heteroatoms. The second-order valence-corrected chi connectivity index (χ2v) is 2.87. The first-order chi connectivity index (χ1) is 5.84. The zero-order chi connectivity index (χ0) is 8.81. The smallest absolute Gasteiger partial charge is 0.0516 e. The molecule has 12 heavy (non-hydrogen) atoms. The van der Waals surface area contributed by atoms with Crippen molar-refractivity contribution < 1.29 is 0 Å². The van der Waals surface area contributed by atoms with Gasteiger partial charge in [0, 0.05) is 6.54 Å². The second kappa shape index (κ2) is 4.78. The van der Waals surface area contributed by atoms with E-state index in [9.17, 15) is 0 Å². The quantitative estimate of drug-likeness (QED) is 0.527. The predicted octanol–water partition coefficient (Wildman–Crippen LogP) is 2.32. The third-order valence-corrected chi connectivity index (χ3v) is 1.74. The fraction of sp³-hybridized carbons (Fsp3) is 0.400. The van der Waals surface area contributed by atoms with Crippen molar-refractivity contribution in [3.8, 4) is 0 Å². The minimum atomic E-state index is 0.994. The Morgan fingerprint density at radius 1 is 1.25 bits per heavy atom. The van der Waals surface area contributed by atoms with Gasteiger partial charge in [-0.2, -0.15) is 0 Å². The topological polar surface area (TPSA) is 24.1 Å². The largest absolute Gasteiger partial charge is 0.321 e. The first-order valence-electron chi connectivity index (χ1n) is 4.39. The number of para-hydroxylation sites is 1. The van der Waals surface area contributed by atoms with E-state index in [1.807, 2.05) is 12.1 Å². The molecule has 0 aliphatic heterocycles. The molecule has 1 aromatic carbocycles. The van der Waals surface area contributed by atoms with E-state index >= 15 is 0 Å². The molecule has 0 aromatic heterocycles. The standard InChI is InChI=1S/C10H16N2/c1-3-8-11-12-10-7-5-4-6-9(10)2/h4-7,11-12H,3,8H2,1-2H3. The molecule has 2 N–H and O–H groups in total. The van der Waals surface area contributed by atoms with Crippen molar-refractivity contribution >= 4 is 5.69 Å². The van der Waals surface area contributed by atoms with Gasteiger partial charge in [0.15, 0.2) is 0 Å². The summed E-state index contributed by atoms with van der Waals surface area (Å²) in [5.41, 5.74) is 8.73. The third-order valence-electron chi connectivity index (χ3n) is 1.74. The molecule has 0 unspecified atom stereocenters. The van der Waals surface area contributed by atoms with Gasteiger partial charge in [-0.25, -0.2) is 5.43 Å². The summed E-state index contributed by atoms with van der Waals surface area (Å²) in [6.07, 6.45) is 1.14. The summed E-state index contributed by atoms with van der Waals surface area (Å²) >= 11 is 0. The average molecular weight is 164 g/mol. The lowest BCUT2D eigenvalue weighted by Gasteiger charge is -2.09. The minimum Gasteiger partial charge on any atom is -0.321 e. The number of hydrogen-bond acceptors (Lipinski definition) is 2. The van der Waals surface area contributed by atoms with E-state index in [4.69, 9.17) is 0 Å². The van der Waals surface area contributed by atoms with Crippen molar-refractivity contribution in [3.05, 3.63) is 29.8 Å². The summed E-state index contributed by atoms with van der Waals surface area (Å²) in [6.45, 7) is 5.23. The number of rotatable bonds is 4. The Hall–Kier alpha value is -1.02. The van der Waals surface area contributed by atoms with Crippen molar-refractivity contribution in [2.45, 2.75) is 20.3 Å². The molecule has 1 rings (SSSR count). The monoisotopic (exact) mass is 164 g/mol. The molecule has 0 saturated carbocycles. The highest BCUT2D eigenvalue weighted by Crippen LogP contribution is 2.11. The number of anilines is 1. The van der Waals surface area contributed by atoms with Gasteiger partial charge < -0.3 is 5.43 Å². The zero-order valence-electron chi connectivity index (χ0n) is 7.72. The molecule has 0 amide bonds. The van der Waals surface area contributed by atoms with Gasteiger partial charge >= 0.3 is 0 Å². The molecule has 0 spiro atoms. The SMILES string of the molecule is CCCNNc1ccccc1C. The van der Waals surface area contributed by atoms with Crippen LogP contribution >= 0.6 is 0 Å². The normalized spacial score (nSPS) is 9.83. The van der Waals surface area contributed by atoms with Crippen LogP contribution in [0.25, 0.3) is 0 Å². The van der Waals surface area contributed by atoms with Crippen LogP contribution in [0.4, 0.5) is 5.69 Å². The van der Waals surface area contributed by atoms with Crippen LogP contribution < -0.4 is 10.9 Å². The van der Waals surface area contributed by atoms with E-state index in [-0.39, 0.29) is 0 Å². The first-order valence-corrected chi connectivity index (χ1v) is 4.39. The summed E-state index contributed by atoms with van der Waals surface area (Å²) in [7, 11) is 0. The van der Waals surface area contributed by atoms with Crippen molar-refractivity contribution in [2.75, 3.05) is 12.0 Å². The summed E-state index contributed by atoms with van der Waals surface area (Å²) in [4.78, 5) is 0. The molecule has 0 radical (unpaired) electrons. The molecule has 0 bridgehead atoms. The number of benzene rings is 1. The Morgan fingerprint density at radius 2 is 2.00 bits per heavy atom. The highest BCUT2D eigenvalue weighted by Gasteiger charge is 1.92. The van der Waals surface area contributed by atoms with Gasteiger partial charge in [0.1, 0.15) is 0 Å². The molecular formula is C10H16N2. The van der Waals surface area contributed by atoms with Gasteiger partial charge in [-0.3, -0.25) is 0 Å². The fourth-order valence-corrected chi connectivity index (χ4v) is 0.996. The molecule has 0 aliphatic carbocycles. The van der Waals surface area contributed by atoms with Gasteiger partial charge in [0.05, 0.1) is 5.69 Å². The number of aryl methyl sites for hydroxylation is 1. The molecule has 0 atom stereocenters. The van der Waals surface area contributed by atoms with Crippen LogP contribution in [-0.2, 0) is 0 Å². The van der Waals surface area contributed by atoms with Crippen molar-refractivity contribution in [2.24, 2.45) is 0 Å². The predicted molar refractivity (Wildman–Crippen MR) is 53.1 cm³/mol. The maximum Gasteiger partial charge on any atom is 0.0516 e. The number of hydrogen-bond donors (Lipinski definition) is 2. The Balaban J connectivity index is 2.46. The molecule has 0 aliphatic rings. The third kappa shape index (κ3) is 2.55. The van der Waals surface area contributed by atoms with Gasteiger partial charge in [-0.1, -0.05) is 25.1 Å². The number of hydrazine groups is 1. The lowest BCUT2D eigenvalue weighted by Crippen LogP contribution is -2.22. The van der Waals surface area contributed by atoms with Crippen molar-refractivity contribution in [3.63, 3.8) is 0 Å². The lowest BCUT2D eigenvalue weighted by atomic mass is 10.2. The lowest BCUT2D eigenvalue weighted by molar-refractivity contribution is 0.760. The molecule has 0 heterocycles. The average Bonchev–Trinajstić information content (AvgIpc) is 2.09. The highest BCUT2D eigenvalue weighted by atomic mass is 15.3. The van der Waals surface area contributed by atoms with Gasteiger partial charge in [-0.05, 0) is 25.0 Å². The van der Waals surface area contributed by atoms with E-state index in [1.54, 1.807) is 0 Å². The fourth-order valence-electron chi connectivity index (χ4n) is 0.996. The van der Waals surface area contributed by atoms with Crippen LogP contribution in [0.1, 0.15) is 18.9 Å².